The van der Waals surface area contributed by atoms with E-state index in [0.29, 0.717) is 12.1 Å². The molecule has 16 heavy (non-hydrogen) atoms. The summed E-state index contributed by atoms with van der Waals surface area (Å²) in [6, 6.07) is 0.633. The van der Waals surface area contributed by atoms with E-state index in [-0.39, 0.29) is 0 Å². The van der Waals surface area contributed by atoms with Crippen molar-refractivity contribution in [1.29, 1.82) is 0 Å². The van der Waals surface area contributed by atoms with Crippen molar-refractivity contribution < 1.29 is 9.47 Å². The quantitative estimate of drug-likeness (QED) is 0.648. The van der Waals surface area contributed by atoms with E-state index in [1.165, 1.54) is 32.1 Å². The molecule has 2 atom stereocenters. The van der Waals surface area contributed by atoms with E-state index in [1.54, 1.807) is 0 Å². The minimum atomic E-state index is 0.465. The van der Waals surface area contributed by atoms with Crippen LogP contribution in [0.1, 0.15) is 45.4 Å². The van der Waals surface area contributed by atoms with Crippen LogP contribution in [0.3, 0.4) is 0 Å². The highest BCUT2D eigenvalue weighted by Crippen LogP contribution is 2.20. The topological polar surface area (TPSA) is 30.5 Å². The van der Waals surface area contributed by atoms with Crippen molar-refractivity contribution in [2.24, 2.45) is 0 Å². The van der Waals surface area contributed by atoms with Gasteiger partial charge in [0.05, 0.1) is 12.7 Å². The molecule has 0 amide bonds. The summed E-state index contributed by atoms with van der Waals surface area (Å²) in [5.74, 6) is 0. The van der Waals surface area contributed by atoms with Crippen LogP contribution in [-0.4, -0.2) is 39.0 Å². The molecule has 1 fully saturated rings. The molecule has 0 aliphatic heterocycles. The number of ether oxygens (including phenoxy) is 2. The van der Waals surface area contributed by atoms with Crippen LogP contribution in [0.2, 0.25) is 0 Å². The van der Waals surface area contributed by atoms with Crippen molar-refractivity contribution >= 4 is 0 Å². The maximum Gasteiger partial charge on any atom is 0.0591 e. The summed E-state index contributed by atoms with van der Waals surface area (Å²) in [5, 5.41) is 3.56. The van der Waals surface area contributed by atoms with Gasteiger partial charge in [-0.25, -0.2) is 0 Å². The van der Waals surface area contributed by atoms with Gasteiger partial charge in [-0.05, 0) is 32.1 Å². The Balaban J connectivity index is 1.95. The number of methoxy groups -OCH3 is 1. The summed E-state index contributed by atoms with van der Waals surface area (Å²) in [5.41, 5.74) is 0. The summed E-state index contributed by atoms with van der Waals surface area (Å²) in [7, 11) is 1.82. The van der Waals surface area contributed by atoms with Crippen LogP contribution in [0, 0.1) is 0 Å². The van der Waals surface area contributed by atoms with E-state index in [1.807, 2.05) is 7.11 Å². The fourth-order valence-electron chi connectivity index (χ4n) is 2.23. The maximum atomic E-state index is 5.52. The number of rotatable bonds is 8. The molecule has 0 heterocycles. The third-order valence-corrected chi connectivity index (χ3v) is 3.28. The molecule has 3 heteroatoms. The molecule has 0 bridgehead atoms. The third kappa shape index (κ3) is 5.83. The first-order valence-corrected chi connectivity index (χ1v) is 6.70. The molecule has 3 nitrogen and oxygen atoms in total. The highest BCUT2D eigenvalue weighted by atomic mass is 16.5. The molecule has 0 saturated heterocycles. The van der Waals surface area contributed by atoms with Gasteiger partial charge in [0.1, 0.15) is 0 Å². The highest BCUT2D eigenvalue weighted by molar-refractivity contribution is 4.77. The van der Waals surface area contributed by atoms with Crippen molar-refractivity contribution in [3.63, 3.8) is 0 Å². The van der Waals surface area contributed by atoms with Crippen molar-refractivity contribution in [3.05, 3.63) is 0 Å². The standard InChI is InChI=1S/C13H27NO2/c1-3-4-9-16-10-8-14-12-6-5-7-13(11-12)15-2/h12-14H,3-11H2,1-2H3. The van der Waals surface area contributed by atoms with Gasteiger partial charge in [0.25, 0.3) is 0 Å². The van der Waals surface area contributed by atoms with Gasteiger partial charge in [-0.1, -0.05) is 13.3 Å². The van der Waals surface area contributed by atoms with Crippen molar-refractivity contribution in [2.45, 2.75) is 57.6 Å². The largest absolute Gasteiger partial charge is 0.381 e. The summed E-state index contributed by atoms with van der Waals surface area (Å²) < 4.78 is 10.9. The first-order valence-electron chi connectivity index (χ1n) is 6.70. The van der Waals surface area contributed by atoms with Crippen LogP contribution in [0.5, 0.6) is 0 Å². The average molecular weight is 229 g/mol. The summed E-state index contributed by atoms with van der Waals surface area (Å²) in [4.78, 5) is 0. The predicted octanol–water partition coefficient (Wildman–Crippen LogP) is 2.35. The van der Waals surface area contributed by atoms with Gasteiger partial charge in [-0.3, -0.25) is 0 Å². The summed E-state index contributed by atoms with van der Waals surface area (Å²) in [6.07, 6.45) is 7.81. The summed E-state index contributed by atoms with van der Waals surface area (Å²) in [6.45, 7) is 4.91. The minimum absolute atomic E-state index is 0.465. The Morgan fingerprint density at radius 3 is 2.88 bits per heavy atom. The lowest BCUT2D eigenvalue weighted by atomic mass is 9.93. The minimum Gasteiger partial charge on any atom is -0.381 e. The SMILES string of the molecule is CCCCOCCNC1CCCC(OC)C1. The predicted molar refractivity (Wildman–Crippen MR) is 66.8 cm³/mol. The Labute approximate surface area is 99.9 Å². The molecular formula is C13H27NO2. The van der Waals surface area contributed by atoms with E-state index in [0.717, 1.165) is 26.2 Å². The molecule has 2 unspecified atom stereocenters. The summed E-state index contributed by atoms with van der Waals surface area (Å²) >= 11 is 0. The Bertz CT molecular complexity index is 164. The van der Waals surface area contributed by atoms with Gasteiger partial charge in [0.15, 0.2) is 0 Å². The van der Waals surface area contributed by atoms with Gasteiger partial charge >= 0.3 is 0 Å². The fourth-order valence-corrected chi connectivity index (χ4v) is 2.23. The van der Waals surface area contributed by atoms with Gasteiger partial charge in [0, 0.05) is 26.3 Å². The smallest absolute Gasteiger partial charge is 0.0591 e. The van der Waals surface area contributed by atoms with E-state index < -0.39 is 0 Å². The first kappa shape index (κ1) is 13.9. The van der Waals surface area contributed by atoms with Crippen LogP contribution in [0.25, 0.3) is 0 Å². The number of nitrogens with one attached hydrogen (secondary N) is 1. The zero-order valence-corrected chi connectivity index (χ0v) is 10.8. The van der Waals surface area contributed by atoms with E-state index >= 15 is 0 Å². The molecule has 0 radical (unpaired) electrons. The third-order valence-electron chi connectivity index (χ3n) is 3.28. The second-order valence-electron chi connectivity index (χ2n) is 4.64. The Morgan fingerprint density at radius 2 is 2.12 bits per heavy atom. The fraction of sp³-hybridized carbons (Fsp3) is 1.00. The molecule has 0 spiro atoms. The molecule has 0 aromatic rings. The monoisotopic (exact) mass is 229 g/mol. The molecule has 0 aromatic heterocycles. The zero-order chi connectivity index (χ0) is 11.6. The molecular weight excluding hydrogens is 202 g/mol. The van der Waals surface area contributed by atoms with Gasteiger partial charge in [-0.15, -0.1) is 0 Å². The van der Waals surface area contributed by atoms with Crippen LogP contribution in [0.15, 0.2) is 0 Å². The lowest BCUT2D eigenvalue weighted by Crippen LogP contribution is -2.38. The van der Waals surface area contributed by atoms with Crippen LogP contribution in [0.4, 0.5) is 0 Å². The molecule has 1 saturated carbocycles. The van der Waals surface area contributed by atoms with Crippen LogP contribution >= 0.6 is 0 Å². The number of unbranched alkanes of at least 4 members (excludes halogenated alkanes) is 1. The Hall–Kier alpha value is -0.120. The van der Waals surface area contributed by atoms with Crippen LogP contribution in [-0.2, 0) is 9.47 Å². The normalized spacial score (nSPS) is 25.9. The van der Waals surface area contributed by atoms with Crippen molar-refractivity contribution in [3.8, 4) is 0 Å². The second-order valence-corrected chi connectivity index (χ2v) is 4.64. The Kier molecular flexibility index (Phi) is 7.81. The molecule has 1 rings (SSSR count). The average Bonchev–Trinajstić information content (AvgIpc) is 2.34. The van der Waals surface area contributed by atoms with Crippen molar-refractivity contribution in [1.82, 2.24) is 5.32 Å². The zero-order valence-electron chi connectivity index (χ0n) is 10.8. The molecule has 1 N–H and O–H groups in total. The lowest BCUT2D eigenvalue weighted by Gasteiger charge is -2.28. The van der Waals surface area contributed by atoms with E-state index in [4.69, 9.17) is 9.47 Å². The first-order chi connectivity index (χ1) is 7.86. The van der Waals surface area contributed by atoms with Gasteiger partial charge in [0.2, 0.25) is 0 Å². The molecule has 0 aromatic carbocycles. The molecule has 1 aliphatic rings. The maximum absolute atomic E-state index is 5.52. The second kappa shape index (κ2) is 8.97. The highest BCUT2D eigenvalue weighted by Gasteiger charge is 2.20. The lowest BCUT2D eigenvalue weighted by molar-refractivity contribution is 0.0563. The number of hydrogen-bond donors (Lipinski definition) is 1. The van der Waals surface area contributed by atoms with Crippen molar-refractivity contribution in [2.75, 3.05) is 26.9 Å². The number of hydrogen-bond acceptors (Lipinski definition) is 3. The van der Waals surface area contributed by atoms with Gasteiger partial charge in [-0.2, -0.15) is 0 Å². The van der Waals surface area contributed by atoms with E-state index in [9.17, 15) is 0 Å². The molecule has 1 aliphatic carbocycles. The van der Waals surface area contributed by atoms with Gasteiger partial charge < -0.3 is 14.8 Å². The van der Waals surface area contributed by atoms with Crippen LogP contribution < -0.4 is 5.32 Å². The van der Waals surface area contributed by atoms with E-state index in [2.05, 4.69) is 12.2 Å². The molecule has 96 valence electrons. The Morgan fingerprint density at radius 1 is 1.25 bits per heavy atom.